The summed E-state index contributed by atoms with van der Waals surface area (Å²) in [4.78, 5) is 14.3. The van der Waals surface area contributed by atoms with Crippen molar-refractivity contribution < 1.29 is 13.9 Å². The first-order chi connectivity index (χ1) is 9.54. The smallest absolute Gasteiger partial charge is 0.162 e. The minimum absolute atomic E-state index is 0.0827. The van der Waals surface area contributed by atoms with Gasteiger partial charge < -0.3 is 4.74 Å². The molecule has 0 saturated carbocycles. The Morgan fingerprint density at radius 2 is 1.85 bits per heavy atom. The minimum atomic E-state index is -0.308. The van der Waals surface area contributed by atoms with Gasteiger partial charge in [0.25, 0.3) is 0 Å². The van der Waals surface area contributed by atoms with Crippen molar-refractivity contribution in [1.82, 2.24) is 4.90 Å². The number of rotatable bonds is 5. The van der Waals surface area contributed by atoms with Gasteiger partial charge in [-0.3, -0.25) is 9.69 Å². The second-order valence-electron chi connectivity index (χ2n) is 5.55. The van der Waals surface area contributed by atoms with E-state index in [1.165, 1.54) is 12.1 Å². The molecule has 0 aromatic heterocycles. The molecule has 0 spiro atoms. The van der Waals surface area contributed by atoms with Gasteiger partial charge in [0.05, 0.1) is 12.2 Å². The molecule has 110 valence electrons. The highest BCUT2D eigenvalue weighted by molar-refractivity contribution is 5.95. The third-order valence-corrected chi connectivity index (χ3v) is 3.54. The Hall–Kier alpha value is -1.26. The molecule has 1 aliphatic rings. The van der Waals surface area contributed by atoms with Crippen LogP contribution in [0.2, 0.25) is 0 Å². The highest BCUT2D eigenvalue weighted by atomic mass is 19.1. The maximum absolute atomic E-state index is 12.8. The summed E-state index contributed by atoms with van der Waals surface area (Å²) < 4.78 is 18.5. The summed E-state index contributed by atoms with van der Waals surface area (Å²) in [5, 5.41) is 0. The molecule has 20 heavy (non-hydrogen) atoms. The van der Waals surface area contributed by atoms with Crippen LogP contribution in [0, 0.1) is 5.82 Å². The van der Waals surface area contributed by atoms with Crippen LogP contribution in [-0.2, 0) is 4.74 Å². The third kappa shape index (κ3) is 4.39. The summed E-state index contributed by atoms with van der Waals surface area (Å²) in [7, 11) is 0. The molecule has 2 rings (SSSR count). The van der Waals surface area contributed by atoms with Gasteiger partial charge in [-0.15, -0.1) is 0 Å². The first-order valence-electron chi connectivity index (χ1n) is 7.21. The maximum Gasteiger partial charge on any atom is 0.162 e. The SMILES string of the molecule is CC1CN(CCCC(=O)c2ccc(F)cc2)CC(C)O1. The van der Waals surface area contributed by atoms with E-state index < -0.39 is 0 Å². The number of ether oxygens (including phenoxy) is 1. The fourth-order valence-electron chi connectivity index (χ4n) is 2.71. The summed E-state index contributed by atoms with van der Waals surface area (Å²) in [6.07, 6.45) is 1.85. The Bertz CT molecular complexity index is 436. The van der Waals surface area contributed by atoms with E-state index in [0.717, 1.165) is 26.1 Å². The Labute approximate surface area is 119 Å². The lowest BCUT2D eigenvalue weighted by molar-refractivity contribution is -0.0680. The predicted molar refractivity (Wildman–Crippen MR) is 76.4 cm³/mol. The molecular weight excluding hydrogens is 257 g/mol. The number of nitrogens with zero attached hydrogens (tertiary/aromatic N) is 1. The summed E-state index contributed by atoms with van der Waals surface area (Å²) >= 11 is 0. The Morgan fingerprint density at radius 1 is 1.25 bits per heavy atom. The summed E-state index contributed by atoms with van der Waals surface area (Å²) in [5.41, 5.74) is 0.593. The zero-order valence-electron chi connectivity index (χ0n) is 12.1. The molecule has 0 bridgehead atoms. The third-order valence-electron chi connectivity index (χ3n) is 3.54. The second kappa shape index (κ2) is 6.95. The normalized spacial score (nSPS) is 23.8. The van der Waals surface area contributed by atoms with Gasteiger partial charge in [0.2, 0.25) is 0 Å². The van der Waals surface area contributed by atoms with E-state index in [2.05, 4.69) is 18.7 Å². The quantitative estimate of drug-likeness (QED) is 0.776. The molecule has 0 radical (unpaired) electrons. The molecular formula is C16H22FNO2. The monoisotopic (exact) mass is 279 g/mol. The number of hydrogen-bond acceptors (Lipinski definition) is 3. The van der Waals surface area contributed by atoms with Gasteiger partial charge in [0.15, 0.2) is 5.78 Å². The fourth-order valence-corrected chi connectivity index (χ4v) is 2.71. The van der Waals surface area contributed by atoms with Gasteiger partial charge in [-0.1, -0.05) is 0 Å². The van der Waals surface area contributed by atoms with Gasteiger partial charge >= 0.3 is 0 Å². The van der Waals surface area contributed by atoms with E-state index >= 15 is 0 Å². The van der Waals surface area contributed by atoms with Crippen molar-refractivity contribution in [2.24, 2.45) is 0 Å². The van der Waals surface area contributed by atoms with Crippen molar-refractivity contribution in [3.8, 4) is 0 Å². The number of hydrogen-bond donors (Lipinski definition) is 0. The van der Waals surface area contributed by atoms with Crippen LogP contribution in [0.25, 0.3) is 0 Å². The van der Waals surface area contributed by atoms with Crippen molar-refractivity contribution in [3.63, 3.8) is 0 Å². The topological polar surface area (TPSA) is 29.5 Å². The molecule has 1 aromatic carbocycles. The lowest BCUT2D eigenvalue weighted by Gasteiger charge is -2.35. The molecule has 1 fully saturated rings. The summed E-state index contributed by atoms with van der Waals surface area (Å²) in [5.74, 6) is -0.225. The molecule has 0 aliphatic carbocycles. The van der Waals surface area contributed by atoms with Crippen molar-refractivity contribution in [2.45, 2.75) is 38.9 Å². The Morgan fingerprint density at radius 3 is 2.45 bits per heavy atom. The average Bonchev–Trinajstić information content (AvgIpc) is 2.38. The Balaban J connectivity index is 1.75. The first kappa shape index (κ1) is 15.1. The van der Waals surface area contributed by atoms with Crippen LogP contribution in [0.5, 0.6) is 0 Å². The number of benzene rings is 1. The zero-order valence-corrected chi connectivity index (χ0v) is 12.1. The lowest BCUT2D eigenvalue weighted by Crippen LogP contribution is -2.45. The zero-order chi connectivity index (χ0) is 14.5. The average molecular weight is 279 g/mol. The number of carbonyl (C=O) groups excluding carboxylic acids is 1. The van der Waals surface area contributed by atoms with E-state index in [0.29, 0.717) is 12.0 Å². The summed E-state index contributed by atoms with van der Waals surface area (Å²) in [6, 6.07) is 5.77. The minimum Gasteiger partial charge on any atom is -0.373 e. The van der Waals surface area contributed by atoms with Crippen molar-refractivity contribution in [3.05, 3.63) is 35.6 Å². The van der Waals surface area contributed by atoms with Crippen LogP contribution in [0.15, 0.2) is 24.3 Å². The highest BCUT2D eigenvalue weighted by Crippen LogP contribution is 2.12. The van der Waals surface area contributed by atoms with Crippen LogP contribution in [-0.4, -0.2) is 42.5 Å². The molecule has 1 heterocycles. The lowest BCUT2D eigenvalue weighted by atomic mass is 10.1. The molecule has 0 N–H and O–H groups in total. The first-order valence-corrected chi connectivity index (χ1v) is 7.21. The van der Waals surface area contributed by atoms with Gasteiger partial charge in [-0.25, -0.2) is 4.39 Å². The largest absolute Gasteiger partial charge is 0.373 e. The van der Waals surface area contributed by atoms with E-state index in [1.54, 1.807) is 12.1 Å². The van der Waals surface area contributed by atoms with Crippen molar-refractivity contribution in [2.75, 3.05) is 19.6 Å². The van der Waals surface area contributed by atoms with Crippen molar-refractivity contribution in [1.29, 1.82) is 0 Å². The standard InChI is InChI=1S/C16H22FNO2/c1-12-10-18(11-13(2)20-12)9-3-4-16(19)14-5-7-15(17)8-6-14/h5-8,12-13H,3-4,9-11H2,1-2H3. The van der Waals surface area contributed by atoms with E-state index in [1.807, 2.05) is 0 Å². The number of carbonyl (C=O) groups is 1. The number of ketones is 1. The molecule has 2 unspecified atom stereocenters. The number of halogens is 1. The van der Waals surface area contributed by atoms with E-state index in [9.17, 15) is 9.18 Å². The maximum atomic E-state index is 12.8. The number of Topliss-reactive ketones (excluding diaryl/α,β-unsaturated/α-hetero) is 1. The molecule has 1 aromatic rings. The highest BCUT2D eigenvalue weighted by Gasteiger charge is 2.21. The Kier molecular flexibility index (Phi) is 5.26. The summed E-state index contributed by atoms with van der Waals surface area (Å²) in [6.45, 7) is 6.91. The van der Waals surface area contributed by atoms with E-state index in [4.69, 9.17) is 4.74 Å². The van der Waals surface area contributed by atoms with Crippen LogP contribution < -0.4 is 0 Å². The number of morpholine rings is 1. The van der Waals surface area contributed by atoms with Crippen LogP contribution in [0.3, 0.4) is 0 Å². The van der Waals surface area contributed by atoms with Crippen LogP contribution in [0.4, 0.5) is 4.39 Å². The molecule has 2 atom stereocenters. The molecule has 1 aliphatic heterocycles. The van der Waals surface area contributed by atoms with Gasteiger partial charge in [-0.2, -0.15) is 0 Å². The van der Waals surface area contributed by atoms with E-state index in [-0.39, 0.29) is 23.8 Å². The van der Waals surface area contributed by atoms with Gasteiger partial charge in [-0.05, 0) is 51.1 Å². The molecule has 4 heteroatoms. The predicted octanol–water partition coefficient (Wildman–Crippen LogP) is 2.90. The fraction of sp³-hybridized carbons (Fsp3) is 0.562. The van der Waals surface area contributed by atoms with Crippen LogP contribution in [0.1, 0.15) is 37.0 Å². The molecule has 1 saturated heterocycles. The second-order valence-corrected chi connectivity index (χ2v) is 5.55. The molecule has 3 nitrogen and oxygen atoms in total. The molecule has 0 amide bonds. The van der Waals surface area contributed by atoms with Gasteiger partial charge in [0.1, 0.15) is 5.82 Å². The van der Waals surface area contributed by atoms with Crippen molar-refractivity contribution >= 4 is 5.78 Å². The van der Waals surface area contributed by atoms with Crippen LogP contribution >= 0.6 is 0 Å². The van der Waals surface area contributed by atoms with Gasteiger partial charge in [0, 0.05) is 25.1 Å².